The number of nitrogens with zero attached hydrogens (tertiary/aromatic N) is 4. The van der Waals surface area contributed by atoms with Crippen molar-refractivity contribution in [3.8, 4) is 0 Å². The maximum atomic E-state index is 11.7. The van der Waals surface area contributed by atoms with Crippen molar-refractivity contribution in [3.63, 3.8) is 0 Å². The minimum Gasteiger partial charge on any atom is -0.456 e. The van der Waals surface area contributed by atoms with E-state index in [2.05, 4.69) is 15.0 Å². The summed E-state index contributed by atoms with van der Waals surface area (Å²) >= 11 is 11.9. The lowest BCUT2D eigenvalue weighted by atomic mass is 10.0. The Balaban J connectivity index is 2.06. The van der Waals surface area contributed by atoms with Gasteiger partial charge in [-0.25, -0.2) is 9.97 Å². The summed E-state index contributed by atoms with van der Waals surface area (Å²) in [5.74, 6) is -1.94. The van der Waals surface area contributed by atoms with Crippen LogP contribution >= 0.6 is 23.2 Å². The Morgan fingerprint density at radius 2 is 1.66 bits per heavy atom. The average molecular weight is 447 g/mol. The highest BCUT2D eigenvalue weighted by atomic mass is 35.5. The zero-order valence-corrected chi connectivity index (χ0v) is 17.0. The van der Waals surface area contributed by atoms with Crippen LogP contribution in [0.5, 0.6) is 0 Å². The predicted molar refractivity (Wildman–Crippen MR) is 97.0 cm³/mol. The van der Waals surface area contributed by atoms with E-state index in [1.807, 2.05) is 0 Å². The number of hydrogen-bond acceptors (Lipinski definition) is 10. The number of carbonyl (C=O) groups excluding carboxylic acids is 3. The second kappa shape index (κ2) is 8.47. The van der Waals surface area contributed by atoms with E-state index in [-0.39, 0.29) is 28.2 Å². The van der Waals surface area contributed by atoms with Gasteiger partial charge in [0.1, 0.15) is 5.52 Å². The first kappa shape index (κ1) is 21.2. The lowest BCUT2D eigenvalue weighted by Crippen LogP contribution is -2.55. The Labute approximate surface area is 174 Å². The molecule has 29 heavy (non-hydrogen) atoms. The van der Waals surface area contributed by atoms with Crippen molar-refractivity contribution in [2.45, 2.75) is 45.3 Å². The molecule has 0 spiro atoms. The smallest absolute Gasteiger partial charge is 0.303 e. The van der Waals surface area contributed by atoms with Crippen LogP contribution in [0.15, 0.2) is 6.33 Å². The van der Waals surface area contributed by atoms with E-state index in [1.165, 1.54) is 31.7 Å². The lowest BCUT2D eigenvalue weighted by molar-refractivity contribution is -0.239. The van der Waals surface area contributed by atoms with Crippen LogP contribution in [0.4, 0.5) is 0 Å². The Hall–Kier alpha value is -2.50. The molecule has 11 nitrogen and oxygen atoms in total. The van der Waals surface area contributed by atoms with Crippen molar-refractivity contribution in [3.05, 3.63) is 16.8 Å². The van der Waals surface area contributed by atoms with Crippen LogP contribution in [0, 0.1) is 0 Å². The van der Waals surface area contributed by atoms with Crippen molar-refractivity contribution in [2.75, 3.05) is 6.61 Å². The van der Waals surface area contributed by atoms with Gasteiger partial charge < -0.3 is 18.9 Å². The molecule has 1 aliphatic rings. The monoisotopic (exact) mass is 446 g/mol. The fraction of sp³-hybridized carbons (Fsp3) is 0.500. The van der Waals surface area contributed by atoms with Crippen LogP contribution in [0.3, 0.4) is 0 Å². The molecule has 0 aromatic carbocycles. The zero-order valence-electron chi connectivity index (χ0n) is 15.5. The van der Waals surface area contributed by atoms with E-state index < -0.39 is 42.4 Å². The maximum Gasteiger partial charge on any atom is 0.303 e. The Kier molecular flexibility index (Phi) is 6.20. The maximum absolute atomic E-state index is 11.7. The zero-order chi connectivity index (χ0) is 21.3. The molecule has 2 aromatic rings. The van der Waals surface area contributed by atoms with Crippen molar-refractivity contribution in [2.24, 2.45) is 0 Å². The molecule has 1 fully saturated rings. The number of fused-ring (bicyclic) bond motifs is 1. The normalized spacial score (nSPS) is 24.2. The summed E-state index contributed by atoms with van der Waals surface area (Å²) < 4.78 is 23.1. The first-order chi connectivity index (χ1) is 13.7. The number of hydrogen-bond donors (Lipinski definition) is 0. The number of halogens is 2. The highest BCUT2D eigenvalue weighted by Gasteiger charge is 2.48. The van der Waals surface area contributed by atoms with Crippen molar-refractivity contribution in [1.82, 2.24) is 19.5 Å². The van der Waals surface area contributed by atoms with E-state index in [4.69, 9.17) is 42.1 Å². The summed E-state index contributed by atoms with van der Waals surface area (Å²) in [6, 6.07) is 0. The summed E-state index contributed by atoms with van der Waals surface area (Å²) in [5, 5.41) is -0.105. The molecule has 0 bridgehead atoms. The van der Waals surface area contributed by atoms with Gasteiger partial charge in [0.15, 0.2) is 35.3 Å². The molecular weight excluding hydrogens is 431 g/mol. The van der Waals surface area contributed by atoms with Gasteiger partial charge in [0.05, 0.1) is 12.9 Å². The van der Waals surface area contributed by atoms with Crippen LogP contribution in [-0.2, 0) is 33.3 Å². The van der Waals surface area contributed by atoms with Gasteiger partial charge in [-0.2, -0.15) is 4.98 Å². The molecule has 0 unspecified atom stereocenters. The summed E-state index contributed by atoms with van der Waals surface area (Å²) in [4.78, 5) is 46.9. The van der Waals surface area contributed by atoms with Crippen molar-refractivity contribution >= 4 is 52.3 Å². The van der Waals surface area contributed by atoms with Crippen LogP contribution in [0.25, 0.3) is 11.2 Å². The topological polar surface area (TPSA) is 132 Å². The number of carbonyl (C=O) groups is 3. The van der Waals surface area contributed by atoms with Gasteiger partial charge in [-0.1, -0.05) is 11.6 Å². The number of esters is 3. The molecule has 2 aromatic heterocycles. The fourth-order valence-corrected chi connectivity index (χ4v) is 3.43. The van der Waals surface area contributed by atoms with Gasteiger partial charge in [0, 0.05) is 20.8 Å². The molecule has 0 radical (unpaired) electrons. The number of ether oxygens (including phenoxy) is 4. The van der Waals surface area contributed by atoms with Crippen LogP contribution in [0.2, 0.25) is 10.4 Å². The molecule has 0 N–H and O–H groups in total. The van der Waals surface area contributed by atoms with E-state index in [9.17, 15) is 14.4 Å². The number of rotatable bonds is 4. The quantitative estimate of drug-likeness (QED) is 0.294. The third-order valence-electron chi connectivity index (χ3n) is 3.95. The highest BCUT2D eigenvalue weighted by Crippen LogP contribution is 2.33. The first-order valence-corrected chi connectivity index (χ1v) is 9.11. The van der Waals surface area contributed by atoms with E-state index in [0.717, 1.165) is 0 Å². The molecular formula is C16H16Cl2N4O7. The minimum atomic E-state index is -1.18. The first-order valence-electron chi connectivity index (χ1n) is 8.36. The molecule has 13 heteroatoms. The molecule has 0 aliphatic carbocycles. The SMILES string of the molecule is CC(=O)O[C@@H]1[C@H](OC(C)=O)[C@@H](OC(C)=O)CO[C@H]1n1cnc2c(Cl)nc(Cl)nc21. The molecule has 1 aliphatic heterocycles. The van der Waals surface area contributed by atoms with Crippen LogP contribution < -0.4 is 0 Å². The van der Waals surface area contributed by atoms with Crippen LogP contribution in [-0.4, -0.2) is 62.3 Å². The minimum absolute atomic E-state index is 0.0212. The average Bonchev–Trinajstić information content (AvgIpc) is 3.00. The second-order valence-corrected chi connectivity index (χ2v) is 6.82. The standard InChI is InChI=1S/C16H16Cl2N4O7/c1-6(23)27-9-4-26-15(12(29-8(3)25)11(9)28-7(2)24)22-5-19-10-13(17)20-16(18)21-14(10)22/h5,9,11-12,15H,4H2,1-3H3/t9-,11+,12+,15+/m0/s1. The molecule has 3 rings (SSSR count). The molecule has 3 heterocycles. The summed E-state index contributed by atoms with van der Waals surface area (Å²) in [7, 11) is 0. The molecule has 4 atom stereocenters. The van der Waals surface area contributed by atoms with Gasteiger partial charge in [-0.15, -0.1) is 0 Å². The summed E-state index contributed by atoms with van der Waals surface area (Å²) in [5.41, 5.74) is 0.456. The Morgan fingerprint density at radius 1 is 1.03 bits per heavy atom. The molecule has 1 saturated heterocycles. The van der Waals surface area contributed by atoms with Gasteiger partial charge in [0.2, 0.25) is 5.28 Å². The van der Waals surface area contributed by atoms with E-state index in [1.54, 1.807) is 0 Å². The third-order valence-corrected chi connectivity index (χ3v) is 4.38. The second-order valence-electron chi connectivity index (χ2n) is 6.13. The van der Waals surface area contributed by atoms with E-state index in [0.29, 0.717) is 0 Å². The van der Waals surface area contributed by atoms with E-state index >= 15 is 0 Å². The number of aromatic nitrogens is 4. The van der Waals surface area contributed by atoms with Gasteiger partial charge in [-0.05, 0) is 11.6 Å². The molecule has 156 valence electrons. The van der Waals surface area contributed by atoms with Gasteiger partial charge in [0.25, 0.3) is 0 Å². The summed E-state index contributed by atoms with van der Waals surface area (Å²) in [6.45, 7) is 3.41. The van der Waals surface area contributed by atoms with Gasteiger partial charge in [-0.3, -0.25) is 19.0 Å². The van der Waals surface area contributed by atoms with Crippen molar-refractivity contribution in [1.29, 1.82) is 0 Å². The molecule has 0 amide bonds. The third kappa shape index (κ3) is 4.57. The lowest BCUT2D eigenvalue weighted by Gasteiger charge is -2.40. The summed E-state index contributed by atoms with van der Waals surface area (Å²) in [6.07, 6.45) is -2.99. The highest BCUT2D eigenvalue weighted by molar-refractivity contribution is 6.35. The van der Waals surface area contributed by atoms with Crippen molar-refractivity contribution < 1.29 is 33.3 Å². The predicted octanol–water partition coefficient (Wildman–Crippen LogP) is 1.46. The Bertz CT molecular complexity index is 966. The van der Waals surface area contributed by atoms with Gasteiger partial charge >= 0.3 is 17.9 Å². The largest absolute Gasteiger partial charge is 0.456 e. The van der Waals surface area contributed by atoms with Crippen LogP contribution in [0.1, 0.15) is 27.0 Å². The fourth-order valence-electron chi connectivity index (χ4n) is 3.00. The number of imidazole rings is 1. The Morgan fingerprint density at radius 3 is 2.28 bits per heavy atom. The molecule has 0 saturated carbocycles.